The zero-order valence-electron chi connectivity index (χ0n) is 9.52. The van der Waals surface area contributed by atoms with Crippen LogP contribution < -0.4 is 5.73 Å². The molecule has 0 saturated heterocycles. The molecule has 0 aliphatic rings. The molecule has 1 atom stereocenters. The summed E-state index contributed by atoms with van der Waals surface area (Å²) in [5, 5.41) is -0.732. The van der Waals surface area contributed by atoms with Crippen LogP contribution in [-0.2, 0) is 4.79 Å². The number of hydrogen-bond donors (Lipinski definition) is 1. The average Bonchev–Trinajstić information content (AvgIpc) is 2.14. The second kappa shape index (κ2) is 4.23. The van der Waals surface area contributed by atoms with Crippen LogP contribution in [0.15, 0.2) is 6.07 Å². The number of carbonyl (C=O) groups excluding carboxylic acids is 1. The minimum absolute atomic E-state index is 0.494. The first-order chi connectivity index (χ1) is 6.86. The standard InChI is InChI=1S/C12H16ClNO/c1-6-5-7(2)10(9(4)8(6)3)11(13)12(14)15/h5,11H,1-4H3,(H2,14,15). The summed E-state index contributed by atoms with van der Waals surface area (Å²) in [6.45, 7) is 8.00. The number of benzene rings is 1. The van der Waals surface area contributed by atoms with Crippen LogP contribution >= 0.6 is 11.6 Å². The fraction of sp³-hybridized carbons (Fsp3) is 0.417. The van der Waals surface area contributed by atoms with Crippen molar-refractivity contribution >= 4 is 17.5 Å². The Morgan fingerprint density at radius 3 is 2.20 bits per heavy atom. The van der Waals surface area contributed by atoms with Crippen molar-refractivity contribution in [3.8, 4) is 0 Å². The molecule has 0 radical (unpaired) electrons. The minimum atomic E-state index is -0.732. The number of hydrogen-bond acceptors (Lipinski definition) is 1. The number of primary amides is 1. The molecule has 2 N–H and O–H groups in total. The van der Waals surface area contributed by atoms with Crippen LogP contribution in [0.2, 0.25) is 0 Å². The van der Waals surface area contributed by atoms with E-state index in [2.05, 4.69) is 0 Å². The van der Waals surface area contributed by atoms with Crippen LogP contribution in [0.1, 0.15) is 33.2 Å². The molecule has 1 aromatic rings. The van der Waals surface area contributed by atoms with Crippen LogP contribution in [0, 0.1) is 27.7 Å². The van der Waals surface area contributed by atoms with Gasteiger partial charge in [0, 0.05) is 0 Å². The lowest BCUT2D eigenvalue weighted by Gasteiger charge is -2.17. The Morgan fingerprint density at radius 2 is 1.73 bits per heavy atom. The minimum Gasteiger partial charge on any atom is -0.368 e. The average molecular weight is 226 g/mol. The topological polar surface area (TPSA) is 43.1 Å². The smallest absolute Gasteiger partial charge is 0.240 e. The summed E-state index contributed by atoms with van der Waals surface area (Å²) < 4.78 is 0. The van der Waals surface area contributed by atoms with Gasteiger partial charge >= 0.3 is 0 Å². The van der Waals surface area contributed by atoms with Crippen molar-refractivity contribution in [3.63, 3.8) is 0 Å². The predicted molar refractivity (Wildman–Crippen MR) is 63.2 cm³/mol. The molecule has 1 aromatic carbocycles. The molecule has 3 heteroatoms. The Morgan fingerprint density at radius 1 is 1.20 bits per heavy atom. The molecule has 2 nitrogen and oxygen atoms in total. The molecule has 0 heterocycles. The van der Waals surface area contributed by atoms with E-state index in [9.17, 15) is 4.79 Å². The van der Waals surface area contributed by atoms with E-state index in [1.54, 1.807) is 0 Å². The van der Waals surface area contributed by atoms with E-state index in [0.717, 1.165) is 16.7 Å². The van der Waals surface area contributed by atoms with Gasteiger partial charge < -0.3 is 5.73 Å². The van der Waals surface area contributed by atoms with E-state index in [0.29, 0.717) is 0 Å². The second-order valence-corrected chi connectivity index (χ2v) is 4.38. The van der Waals surface area contributed by atoms with Crippen molar-refractivity contribution in [3.05, 3.63) is 33.9 Å². The third-order valence-corrected chi connectivity index (χ3v) is 3.35. The summed E-state index contributed by atoms with van der Waals surface area (Å²) in [5.41, 5.74) is 10.5. The van der Waals surface area contributed by atoms with Crippen molar-refractivity contribution < 1.29 is 4.79 Å². The summed E-state index contributed by atoms with van der Waals surface area (Å²) >= 11 is 6.00. The van der Waals surface area contributed by atoms with Gasteiger partial charge in [-0.3, -0.25) is 4.79 Å². The lowest BCUT2D eigenvalue weighted by molar-refractivity contribution is -0.117. The first kappa shape index (κ1) is 12.1. The number of carbonyl (C=O) groups is 1. The number of rotatable bonds is 2. The van der Waals surface area contributed by atoms with E-state index in [4.69, 9.17) is 17.3 Å². The predicted octanol–water partition coefficient (Wildman–Crippen LogP) is 2.69. The van der Waals surface area contributed by atoms with Gasteiger partial charge in [-0.2, -0.15) is 0 Å². The molecule has 1 unspecified atom stereocenters. The zero-order chi connectivity index (χ0) is 11.7. The first-order valence-corrected chi connectivity index (χ1v) is 5.30. The third-order valence-electron chi connectivity index (χ3n) is 2.92. The van der Waals surface area contributed by atoms with E-state index in [1.807, 2.05) is 33.8 Å². The zero-order valence-corrected chi connectivity index (χ0v) is 10.3. The normalized spacial score (nSPS) is 12.6. The van der Waals surface area contributed by atoms with Gasteiger partial charge in [-0.05, 0) is 55.5 Å². The van der Waals surface area contributed by atoms with Crippen LogP contribution in [0.25, 0.3) is 0 Å². The van der Waals surface area contributed by atoms with Crippen molar-refractivity contribution in [2.75, 3.05) is 0 Å². The van der Waals surface area contributed by atoms with Gasteiger partial charge in [-0.15, -0.1) is 11.6 Å². The summed E-state index contributed by atoms with van der Waals surface area (Å²) in [5.74, 6) is -0.494. The Balaban J connectivity index is 3.42. The number of nitrogens with two attached hydrogens (primary N) is 1. The van der Waals surface area contributed by atoms with Crippen LogP contribution in [0.5, 0.6) is 0 Å². The van der Waals surface area contributed by atoms with E-state index in [-0.39, 0.29) is 0 Å². The highest BCUT2D eigenvalue weighted by Crippen LogP contribution is 2.30. The lowest BCUT2D eigenvalue weighted by atomic mass is 9.92. The molecule has 0 spiro atoms. The Bertz CT molecular complexity index is 413. The molecule has 1 rings (SSSR count). The highest BCUT2D eigenvalue weighted by Gasteiger charge is 2.20. The molecular formula is C12H16ClNO. The highest BCUT2D eigenvalue weighted by molar-refractivity contribution is 6.30. The maximum Gasteiger partial charge on any atom is 0.240 e. The molecule has 0 saturated carbocycles. The Labute approximate surface area is 95.4 Å². The van der Waals surface area contributed by atoms with Crippen molar-refractivity contribution in [2.45, 2.75) is 33.1 Å². The molecule has 0 aromatic heterocycles. The Kier molecular flexibility index (Phi) is 3.40. The highest BCUT2D eigenvalue weighted by atomic mass is 35.5. The second-order valence-electron chi connectivity index (χ2n) is 3.94. The SMILES string of the molecule is Cc1cc(C)c(C(Cl)C(N)=O)c(C)c1C. The van der Waals surface area contributed by atoms with Crippen molar-refractivity contribution in [2.24, 2.45) is 5.73 Å². The number of aryl methyl sites for hydroxylation is 2. The summed E-state index contributed by atoms with van der Waals surface area (Å²) in [7, 11) is 0. The van der Waals surface area contributed by atoms with Gasteiger partial charge in [-0.1, -0.05) is 6.07 Å². The first-order valence-electron chi connectivity index (χ1n) is 4.87. The molecule has 0 aliphatic carbocycles. The molecule has 82 valence electrons. The lowest BCUT2D eigenvalue weighted by Crippen LogP contribution is -2.19. The maximum absolute atomic E-state index is 11.1. The van der Waals surface area contributed by atoms with E-state index >= 15 is 0 Å². The largest absolute Gasteiger partial charge is 0.368 e. The Hall–Kier alpha value is -1.02. The van der Waals surface area contributed by atoms with Crippen molar-refractivity contribution in [1.29, 1.82) is 0 Å². The van der Waals surface area contributed by atoms with E-state index in [1.165, 1.54) is 11.1 Å². The van der Waals surface area contributed by atoms with Crippen LogP contribution in [0.4, 0.5) is 0 Å². The fourth-order valence-corrected chi connectivity index (χ4v) is 2.17. The van der Waals surface area contributed by atoms with Crippen molar-refractivity contribution in [1.82, 2.24) is 0 Å². The van der Waals surface area contributed by atoms with Gasteiger partial charge in [0.25, 0.3) is 0 Å². The van der Waals surface area contributed by atoms with Gasteiger partial charge in [0.05, 0.1) is 0 Å². The summed E-state index contributed by atoms with van der Waals surface area (Å²) in [4.78, 5) is 11.1. The maximum atomic E-state index is 11.1. The summed E-state index contributed by atoms with van der Waals surface area (Å²) in [6, 6.07) is 2.04. The molecule has 0 bridgehead atoms. The number of amides is 1. The third kappa shape index (κ3) is 2.15. The van der Waals surface area contributed by atoms with Crippen LogP contribution in [-0.4, -0.2) is 5.91 Å². The number of alkyl halides is 1. The monoisotopic (exact) mass is 225 g/mol. The fourth-order valence-electron chi connectivity index (χ4n) is 1.84. The van der Waals surface area contributed by atoms with Gasteiger partial charge in [0.2, 0.25) is 5.91 Å². The van der Waals surface area contributed by atoms with Crippen LogP contribution in [0.3, 0.4) is 0 Å². The van der Waals surface area contributed by atoms with Gasteiger partial charge in [-0.25, -0.2) is 0 Å². The summed E-state index contributed by atoms with van der Waals surface area (Å²) in [6.07, 6.45) is 0. The van der Waals surface area contributed by atoms with Gasteiger partial charge in [0.1, 0.15) is 5.38 Å². The molecule has 0 aliphatic heterocycles. The molecule has 0 fully saturated rings. The van der Waals surface area contributed by atoms with E-state index < -0.39 is 11.3 Å². The molecule has 1 amide bonds. The molecule has 15 heavy (non-hydrogen) atoms. The quantitative estimate of drug-likeness (QED) is 0.773. The molecular weight excluding hydrogens is 210 g/mol. The number of halogens is 1. The van der Waals surface area contributed by atoms with Gasteiger partial charge in [0.15, 0.2) is 0 Å².